The van der Waals surface area contributed by atoms with Crippen LogP contribution in [0.15, 0.2) is 0 Å². The zero-order valence-corrected chi connectivity index (χ0v) is 12.7. The Labute approximate surface area is 129 Å². The molecule has 0 aliphatic carbocycles. The summed E-state index contributed by atoms with van der Waals surface area (Å²) in [6.07, 6.45) is 4.26. The highest BCUT2D eigenvalue weighted by molar-refractivity contribution is 5.91. The van der Waals surface area contributed by atoms with Crippen LogP contribution < -0.4 is 0 Å². The summed E-state index contributed by atoms with van der Waals surface area (Å²) >= 11 is 0. The van der Waals surface area contributed by atoms with Crippen LogP contribution in [0.4, 0.5) is 0 Å². The van der Waals surface area contributed by atoms with Crippen LogP contribution in [0.1, 0.15) is 35.7 Å². The predicted octanol–water partition coefficient (Wildman–Crippen LogP) is 0.0854. The van der Waals surface area contributed by atoms with Crippen LogP contribution in [0.3, 0.4) is 0 Å². The number of ether oxygens (including phenoxy) is 1. The lowest BCUT2D eigenvalue weighted by Gasteiger charge is -2.24. The van der Waals surface area contributed by atoms with E-state index in [9.17, 15) is 9.90 Å². The molecule has 0 saturated carbocycles. The standard InChI is InChI=1S/C15H22N4O3/c20-9-15-8-18(6-11(15)7-22-10-15)14(21)13-17-16-12-4-2-1-3-5-19(12)13/h11,20H,1-10H2/t11-,15-/m0/s1. The van der Waals surface area contributed by atoms with E-state index in [1.165, 1.54) is 6.42 Å². The van der Waals surface area contributed by atoms with Gasteiger partial charge in [0.05, 0.1) is 19.8 Å². The highest BCUT2D eigenvalue weighted by Gasteiger charge is 2.52. The Morgan fingerprint density at radius 3 is 3.09 bits per heavy atom. The molecule has 7 nitrogen and oxygen atoms in total. The minimum Gasteiger partial charge on any atom is -0.396 e. The van der Waals surface area contributed by atoms with Gasteiger partial charge in [-0.3, -0.25) is 4.79 Å². The molecule has 1 aromatic heterocycles. The van der Waals surface area contributed by atoms with Gasteiger partial charge in [-0.2, -0.15) is 0 Å². The quantitative estimate of drug-likeness (QED) is 0.837. The fraction of sp³-hybridized carbons (Fsp3) is 0.800. The molecule has 1 aromatic rings. The normalized spacial score (nSPS) is 31.0. The van der Waals surface area contributed by atoms with Gasteiger partial charge in [0, 0.05) is 37.4 Å². The first-order valence-corrected chi connectivity index (χ1v) is 8.13. The summed E-state index contributed by atoms with van der Waals surface area (Å²) in [6, 6.07) is 0. The molecule has 2 fully saturated rings. The van der Waals surface area contributed by atoms with Crippen LogP contribution in [0.2, 0.25) is 0 Å². The van der Waals surface area contributed by atoms with Gasteiger partial charge in [-0.05, 0) is 12.8 Å². The van der Waals surface area contributed by atoms with E-state index >= 15 is 0 Å². The third-order valence-electron chi connectivity index (χ3n) is 5.42. The second kappa shape index (κ2) is 5.31. The Hall–Kier alpha value is -1.47. The van der Waals surface area contributed by atoms with E-state index in [0.29, 0.717) is 32.1 Å². The third-order valence-corrected chi connectivity index (χ3v) is 5.42. The fourth-order valence-corrected chi connectivity index (χ4v) is 3.99. The largest absolute Gasteiger partial charge is 0.396 e. The summed E-state index contributed by atoms with van der Waals surface area (Å²) in [6.45, 7) is 3.25. The maximum Gasteiger partial charge on any atom is 0.291 e. The molecule has 120 valence electrons. The van der Waals surface area contributed by atoms with Crippen molar-refractivity contribution in [2.75, 3.05) is 32.9 Å². The number of aryl methyl sites for hydroxylation is 1. The summed E-state index contributed by atoms with van der Waals surface area (Å²) in [5, 5.41) is 18.1. The van der Waals surface area contributed by atoms with Crippen molar-refractivity contribution < 1.29 is 14.6 Å². The SMILES string of the molecule is O=C(c1nnc2n1CCCCC2)N1C[C@H]2COC[C@@]2(CO)C1. The van der Waals surface area contributed by atoms with E-state index in [4.69, 9.17) is 4.74 Å². The minimum absolute atomic E-state index is 0.0529. The van der Waals surface area contributed by atoms with Gasteiger partial charge in [0.25, 0.3) is 5.91 Å². The summed E-state index contributed by atoms with van der Waals surface area (Å²) in [5.41, 5.74) is -0.280. The van der Waals surface area contributed by atoms with Gasteiger partial charge in [0.15, 0.2) is 0 Å². The number of aromatic nitrogens is 3. The fourth-order valence-electron chi connectivity index (χ4n) is 3.99. The summed E-state index contributed by atoms with van der Waals surface area (Å²) in [4.78, 5) is 14.7. The molecule has 2 atom stereocenters. The third kappa shape index (κ3) is 2.06. The van der Waals surface area contributed by atoms with Crippen LogP contribution in [0, 0.1) is 11.3 Å². The molecule has 0 radical (unpaired) electrons. The van der Waals surface area contributed by atoms with Crippen LogP contribution in [-0.4, -0.2) is 63.6 Å². The molecule has 1 amide bonds. The number of nitrogens with zero attached hydrogens (tertiary/aromatic N) is 4. The van der Waals surface area contributed by atoms with Gasteiger partial charge in [-0.15, -0.1) is 10.2 Å². The maximum absolute atomic E-state index is 12.9. The monoisotopic (exact) mass is 306 g/mol. The van der Waals surface area contributed by atoms with Crippen molar-refractivity contribution in [2.24, 2.45) is 11.3 Å². The Kier molecular flexibility index (Phi) is 3.41. The topological polar surface area (TPSA) is 80.5 Å². The number of fused-ring (bicyclic) bond motifs is 2. The van der Waals surface area contributed by atoms with Crippen molar-refractivity contribution in [1.29, 1.82) is 0 Å². The molecule has 4 rings (SSSR count). The van der Waals surface area contributed by atoms with Crippen molar-refractivity contribution >= 4 is 5.91 Å². The molecule has 0 aromatic carbocycles. The molecule has 2 saturated heterocycles. The van der Waals surface area contributed by atoms with Crippen LogP contribution >= 0.6 is 0 Å². The molecule has 0 spiro atoms. The Morgan fingerprint density at radius 1 is 1.36 bits per heavy atom. The van der Waals surface area contributed by atoms with Gasteiger partial charge in [-0.25, -0.2) is 0 Å². The lowest BCUT2D eigenvalue weighted by molar-refractivity contribution is 0.0618. The van der Waals surface area contributed by atoms with Crippen LogP contribution in [0.25, 0.3) is 0 Å². The zero-order chi connectivity index (χ0) is 15.2. The summed E-state index contributed by atoms with van der Waals surface area (Å²) < 4.78 is 7.49. The highest BCUT2D eigenvalue weighted by Crippen LogP contribution is 2.41. The van der Waals surface area contributed by atoms with Crippen molar-refractivity contribution in [2.45, 2.75) is 32.2 Å². The number of aliphatic hydroxyl groups excluding tert-OH is 1. The molecule has 0 bridgehead atoms. The van der Waals surface area contributed by atoms with Gasteiger partial charge in [-0.1, -0.05) is 6.42 Å². The zero-order valence-electron chi connectivity index (χ0n) is 12.7. The predicted molar refractivity (Wildman–Crippen MR) is 77.3 cm³/mol. The molecular formula is C15H22N4O3. The molecule has 0 unspecified atom stereocenters. The highest BCUT2D eigenvalue weighted by atomic mass is 16.5. The van der Waals surface area contributed by atoms with Gasteiger partial charge < -0.3 is 19.3 Å². The lowest BCUT2D eigenvalue weighted by atomic mass is 9.82. The number of rotatable bonds is 2. The number of aliphatic hydroxyl groups is 1. The smallest absolute Gasteiger partial charge is 0.291 e. The molecule has 1 N–H and O–H groups in total. The number of hydrogen-bond acceptors (Lipinski definition) is 5. The van der Waals surface area contributed by atoms with E-state index in [-0.39, 0.29) is 23.8 Å². The number of carbonyl (C=O) groups excluding carboxylic acids is 1. The molecule has 22 heavy (non-hydrogen) atoms. The van der Waals surface area contributed by atoms with E-state index in [0.717, 1.165) is 31.6 Å². The first-order chi connectivity index (χ1) is 10.7. The Morgan fingerprint density at radius 2 is 2.27 bits per heavy atom. The average Bonchev–Trinajstić information content (AvgIpc) is 3.14. The lowest BCUT2D eigenvalue weighted by Crippen LogP contribution is -2.37. The number of amides is 1. The van der Waals surface area contributed by atoms with Crippen molar-refractivity contribution in [1.82, 2.24) is 19.7 Å². The molecule has 3 aliphatic heterocycles. The molecule has 7 heteroatoms. The molecule has 4 heterocycles. The number of likely N-dealkylation sites (tertiary alicyclic amines) is 1. The summed E-state index contributed by atoms with van der Waals surface area (Å²) in [5.74, 6) is 1.57. The number of hydrogen-bond donors (Lipinski definition) is 1. The van der Waals surface area contributed by atoms with Crippen LogP contribution in [0.5, 0.6) is 0 Å². The van der Waals surface area contributed by atoms with Gasteiger partial charge >= 0.3 is 0 Å². The van der Waals surface area contributed by atoms with E-state index < -0.39 is 0 Å². The Balaban J connectivity index is 1.57. The Bertz CT molecular complexity index is 587. The number of carbonyl (C=O) groups is 1. The first-order valence-electron chi connectivity index (χ1n) is 8.13. The van der Waals surface area contributed by atoms with Crippen molar-refractivity contribution in [3.05, 3.63) is 11.6 Å². The second-order valence-electron chi connectivity index (χ2n) is 6.82. The average molecular weight is 306 g/mol. The maximum atomic E-state index is 12.9. The molecule has 3 aliphatic rings. The van der Waals surface area contributed by atoms with Gasteiger partial charge in [0.1, 0.15) is 5.82 Å². The van der Waals surface area contributed by atoms with E-state index in [1.54, 1.807) is 0 Å². The van der Waals surface area contributed by atoms with E-state index in [2.05, 4.69) is 10.2 Å². The van der Waals surface area contributed by atoms with Crippen molar-refractivity contribution in [3.8, 4) is 0 Å². The molecular weight excluding hydrogens is 284 g/mol. The second-order valence-corrected chi connectivity index (χ2v) is 6.82. The van der Waals surface area contributed by atoms with Crippen LogP contribution in [-0.2, 0) is 17.7 Å². The summed E-state index contributed by atoms with van der Waals surface area (Å²) in [7, 11) is 0. The van der Waals surface area contributed by atoms with Crippen molar-refractivity contribution in [3.63, 3.8) is 0 Å². The minimum atomic E-state index is -0.280. The van der Waals surface area contributed by atoms with E-state index in [1.807, 2.05) is 9.47 Å². The first kappa shape index (κ1) is 14.1. The van der Waals surface area contributed by atoms with Gasteiger partial charge in [0.2, 0.25) is 5.82 Å².